The van der Waals surface area contributed by atoms with Gasteiger partial charge >= 0.3 is 0 Å². The van der Waals surface area contributed by atoms with E-state index in [-0.39, 0.29) is 0 Å². The van der Waals surface area contributed by atoms with Gasteiger partial charge in [0.25, 0.3) is 0 Å². The first-order valence-corrected chi connectivity index (χ1v) is 18.0. The van der Waals surface area contributed by atoms with Gasteiger partial charge in [0.2, 0.25) is 0 Å². The summed E-state index contributed by atoms with van der Waals surface area (Å²) in [6.07, 6.45) is 0. The van der Waals surface area contributed by atoms with Crippen LogP contribution in [0.2, 0.25) is 0 Å². The van der Waals surface area contributed by atoms with Crippen LogP contribution in [0.15, 0.2) is 197 Å². The summed E-state index contributed by atoms with van der Waals surface area (Å²) in [6.45, 7) is 0. The Labute approximate surface area is 305 Å². The molecule has 0 N–H and O–H groups in total. The van der Waals surface area contributed by atoms with E-state index in [4.69, 9.17) is 8.83 Å². The first-order valence-electron chi connectivity index (χ1n) is 18.0. The van der Waals surface area contributed by atoms with Crippen molar-refractivity contribution in [1.29, 1.82) is 0 Å². The Kier molecular flexibility index (Phi) is 6.55. The monoisotopic (exact) mass is 677 g/mol. The zero-order chi connectivity index (χ0) is 34.9. The first-order chi connectivity index (χ1) is 26.3. The Hall–Kier alpha value is -7.10. The van der Waals surface area contributed by atoms with E-state index in [1.165, 1.54) is 32.7 Å². The van der Waals surface area contributed by atoms with Crippen LogP contribution in [-0.4, -0.2) is 0 Å². The third-order valence-corrected chi connectivity index (χ3v) is 10.7. The number of furan rings is 2. The van der Waals surface area contributed by atoms with Crippen LogP contribution in [-0.2, 0) is 0 Å². The van der Waals surface area contributed by atoms with Crippen molar-refractivity contribution < 1.29 is 8.83 Å². The fraction of sp³-hybridized carbons (Fsp3) is 0. The maximum Gasteiger partial charge on any atom is 0.145 e. The Balaban J connectivity index is 1.16. The summed E-state index contributed by atoms with van der Waals surface area (Å²) in [5, 5.41) is 9.24. The van der Waals surface area contributed by atoms with E-state index in [2.05, 4.69) is 175 Å². The lowest BCUT2D eigenvalue weighted by atomic mass is 9.97. The normalized spacial score (nSPS) is 11.8. The summed E-state index contributed by atoms with van der Waals surface area (Å²) in [5.74, 6) is 0. The lowest BCUT2D eigenvalue weighted by molar-refractivity contribution is 0.669. The third kappa shape index (κ3) is 4.75. The van der Waals surface area contributed by atoms with Gasteiger partial charge in [0, 0.05) is 39.2 Å². The highest BCUT2D eigenvalue weighted by Crippen LogP contribution is 2.47. The largest absolute Gasteiger partial charge is 0.456 e. The van der Waals surface area contributed by atoms with Crippen molar-refractivity contribution in [3.8, 4) is 22.3 Å². The van der Waals surface area contributed by atoms with E-state index >= 15 is 0 Å². The number of fused-ring (bicyclic) bond motifs is 9. The van der Waals surface area contributed by atoms with E-state index in [0.717, 1.165) is 72.1 Å². The molecule has 3 heteroatoms. The van der Waals surface area contributed by atoms with Gasteiger partial charge in [0.15, 0.2) is 0 Å². The lowest BCUT2D eigenvalue weighted by Gasteiger charge is -2.27. The average molecular weight is 678 g/mol. The summed E-state index contributed by atoms with van der Waals surface area (Å²) >= 11 is 0. The maximum atomic E-state index is 6.80. The maximum absolute atomic E-state index is 6.80. The van der Waals surface area contributed by atoms with Crippen molar-refractivity contribution in [2.75, 3.05) is 4.90 Å². The Bertz CT molecular complexity index is 3170. The molecule has 0 amide bonds. The molecule has 0 spiro atoms. The molecule has 0 fully saturated rings. The van der Waals surface area contributed by atoms with Crippen LogP contribution in [0.5, 0.6) is 0 Å². The Morgan fingerprint density at radius 2 is 0.925 bits per heavy atom. The minimum absolute atomic E-state index is 0.851. The molecule has 0 saturated heterocycles. The number of nitrogens with zero attached hydrogens (tertiary/aromatic N) is 1. The van der Waals surface area contributed by atoms with Gasteiger partial charge in [-0.05, 0) is 86.8 Å². The van der Waals surface area contributed by atoms with Crippen LogP contribution in [0.25, 0.3) is 87.7 Å². The number of benzene rings is 9. The molecule has 0 unspecified atom stereocenters. The Morgan fingerprint density at radius 3 is 1.75 bits per heavy atom. The lowest BCUT2D eigenvalue weighted by Crippen LogP contribution is -2.10. The fourth-order valence-electron chi connectivity index (χ4n) is 8.12. The van der Waals surface area contributed by atoms with E-state index in [1.807, 2.05) is 18.2 Å². The van der Waals surface area contributed by atoms with Crippen molar-refractivity contribution in [3.63, 3.8) is 0 Å². The highest BCUT2D eigenvalue weighted by atomic mass is 16.3. The van der Waals surface area contributed by atoms with Crippen LogP contribution in [0, 0.1) is 0 Å². The SMILES string of the molecule is c1ccc(-c2ccc(-c3ccc(N(c4ccc5c(ccc6ccccc65)c4)c4ccc5c(c4)oc4ccccc45)c4c3oc3ccccc34)cc2)cc1. The van der Waals surface area contributed by atoms with E-state index in [9.17, 15) is 0 Å². The minimum Gasteiger partial charge on any atom is -0.456 e. The van der Waals surface area contributed by atoms with Crippen LogP contribution < -0.4 is 4.90 Å². The molecule has 11 aromatic rings. The quantitative estimate of drug-likeness (QED) is 0.170. The van der Waals surface area contributed by atoms with Crippen molar-refractivity contribution in [3.05, 3.63) is 188 Å². The summed E-state index contributed by atoms with van der Waals surface area (Å²) < 4.78 is 13.2. The van der Waals surface area contributed by atoms with Crippen molar-refractivity contribution in [2.24, 2.45) is 0 Å². The van der Waals surface area contributed by atoms with Gasteiger partial charge in [-0.3, -0.25) is 0 Å². The Morgan fingerprint density at radius 1 is 0.340 bits per heavy atom. The molecule has 11 rings (SSSR count). The molecule has 53 heavy (non-hydrogen) atoms. The summed E-state index contributed by atoms with van der Waals surface area (Å²) in [4.78, 5) is 2.35. The van der Waals surface area contributed by atoms with Crippen LogP contribution in [0.4, 0.5) is 17.1 Å². The van der Waals surface area contributed by atoms with Gasteiger partial charge in [-0.15, -0.1) is 0 Å². The first kappa shape index (κ1) is 29.6. The van der Waals surface area contributed by atoms with Gasteiger partial charge in [-0.2, -0.15) is 0 Å². The number of para-hydroxylation sites is 2. The zero-order valence-corrected chi connectivity index (χ0v) is 28.7. The molecule has 0 bridgehead atoms. The molecule has 0 radical (unpaired) electrons. The van der Waals surface area contributed by atoms with Gasteiger partial charge in [0.05, 0.1) is 11.1 Å². The predicted octanol–water partition coefficient (Wildman–Crippen LogP) is 14.6. The molecule has 0 aliphatic rings. The predicted molar refractivity (Wildman–Crippen MR) is 222 cm³/mol. The zero-order valence-electron chi connectivity index (χ0n) is 28.7. The molecule has 0 atom stereocenters. The van der Waals surface area contributed by atoms with Gasteiger partial charge in [-0.25, -0.2) is 0 Å². The second-order valence-electron chi connectivity index (χ2n) is 13.7. The number of hydrogen-bond donors (Lipinski definition) is 0. The topological polar surface area (TPSA) is 29.5 Å². The number of hydrogen-bond acceptors (Lipinski definition) is 3. The third-order valence-electron chi connectivity index (χ3n) is 10.7. The molecule has 248 valence electrons. The highest BCUT2D eigenvalue weighted by molar-refractivity contribution is 6.18. The molecular formula is C50H31NO2. The van der Waals surface area contributed by atoms with E-state index < -0.39 is 0 Å². The standard InChI is InChI=1S/C50H31NO2/c1-2-10-32(11-3-1)33-18-20-35(21-19-33)41-28-29-45(49-44-15-7-9-17-47(44)53-50(41)49)51(38-25-27-43-42-14-6-8-16-46(42)52-48(43)31-38)37-24-26-40-36(30-37)23-22-34-12-4-5-13-39(34)40/h1-31H. The van der Waals surface area contributed by atoms with Crippen molar-refractivity contribution in [1.82, 2.24) is 0 Å². The molecule has 0 aliphatic heterocycles. The van der Waals surface area contributed by atoms with E-state index in [0.29, 0.717) is 0 Å². The number of anilines is 3. The summed E-state index contributed by atoms with van der Waals surface area (Å²) in [7, 11) is 0. The molecule has 0 aliphatic carbocycles. The van der Waals surface area contributed by atoms with Gasteiger partial charge < -0.3 is 13.7 Å². The summed E-state index contributed by atoms with van der Waals surface area (Å²) in [6, 6.07) is 66.7. The van der Waals surface area contributed by atoms with Crippen LogP contribution in [0.1, 0.15) is 0 Å². The fourth-order valence-corrected chi connectivity index (χ4v) is 8.12. The molecule has 2 aromatic heterocycles. The number of rotatable bonds is 5. The summed E-state index contributed by atoms with van der Waals surface area (Å²) in [5.41, 5.74) is 11.1. The second kappa shape index (κ2) is 11.7. The molecular weight excluding hydrogens is 647 g/mol. The van der Waals surface area contributed by atoms with Gasteiger partial charge in [-0.1, -0.05) is 133 Å². The molecule has 3 nitrogen and oxygen atoms in total. The molecule has 0 saturated carbocycles. The minimum atomic E-state index is 0.851. The van der Waals surface area contributed by atoms with Crippen molar-refractivity contribution in [2.45, 2.75) is 0 Å². The van der Waals surface area contributed by atoms with Crippen LogP contribution in [0.3, 0.4) is 0 Å². The molecule has 2 heterocycles. The average Bonchev–Trinajstić information content (AvgIpc) is 3.80. The smallest absolute Gasteiger partial charge is 0.145 e. The second-order valence-corrected chi connectivity index (χ2v) is 13.7. The van der Waals surface area contributed by atoms with Crippen molar-refractivity contribution >= 4 is 82.5 Å². The van der Waals surface area contributed by atoms with Gasteiger partial charge in [0.1, 0.15) is 22.3 Å². The van der Waals surface area contributed by atoms with E-state index in [1.54, 1.807) is 0 Å². The van der Waals surface area contributed by atoms with Crippen LogP contribution >= 0.6 is 0 Å². The highest BCUT2D eigenvalue weighted by Gasteiger charge is 2.23. The molecule has 9 aromatic carbocycles.